The van der Waals surface area contributed by atoms with Crippen LogP contribution in [-0.2, 0) is 9.59 Å². The summed E-state index contributed by atoms with van der Waals surface area (Å²) in [5.41, 5.74) is 0.512. The highest BCUT2D eigenvalue weighted by atomic mass is 19.4. The minimum absolute atomic E-state index is 0.512. The lowest BCUT2D eigenvalue weighted by atomic mass is 10.1. The van der Waals surface area contributed by atoms with Gasteiger partial charge in [0, 0.05) is 5.57 Å². The van der Waals surface area contributed by atoms with Crippen molar-refractivity contribution in [1.82, 2.24) is 0 Å². The van der Waals surface area contributed by atoms with E-state index in [4.69, 9.17) is 15.0 Å². The molecular formula is C9H13F3O4. The number of carboxylic acid groups (broad SMARTS) is 2. The lowest BCUT2D eigenvalue weighted by Gasteiger charge is -1.95. The van der Waals surface area contributed by atoms with Gasteiger partial charge in [0.25, 0.3) is 0 Å². The molecule has 0 aliphatic heterocycles. The van der Waals surface area contributed by atoms with Crippen LogP contribution in [0.5, 0.6) is 0 Å². The van der Waals surface area contributed by atoms with E-state index in [1.807, 2.05) is 6.92 Å². The van der Waals surface area contributed by atoms with Crippen molar-refractivity contribution < 1.29 is 33.0 Å². The summed E-state index contributed by atoms with van der Waals surface area (Å²) >= 11 is 0. The second-order valence-corrected chi connectivity index (χ2v) is 2.67. The van der Waals surface area contributed by atoms with Crippen molar-refractivity contribution in [1.29, 1.82) is 0 Å². The molecule has 0 aromatic rings. The molecule has 94 valence electrons. The Bertz CT molecular complexity index is 268. The summed E-state index contributed by atoms with van der Waals surface area (Å²) in [5, 5.41) is 15.6. The van der Waals surface area contributed by atoms with Crippen molar-refractivity contribution in [2.45, 2.75) is 32.9 Å². The maximum absolute atomic E-state index is 10.6. The van der Waals surface area contributed by atoms with Crippen LogP contribution in [0.1, 0.15) is 26.7 Å². The van der Waals surface area contributed by atoms with Crippen LogP contribution in [0.3, 0.4) is 0 Å². The number of halogens is 3. The highest BCUT2D eigenvalue weighted by Crippen LogP contribution is 2.13. The molecule has 0 aromatic heterocycles. The summed E-state index contributed by atoms with van der Waals surface area (Å²) in [4.78, 5) is 19.1. The zero-order chi connectivity index (χ0) is 13.4. The highest BCUT2D eigenvalue weighted by molar-refractivity contribution is 5.86. The van der Waals surface area contributed by atoms with Gasteiger partial charge in [-0.05, 0) is 13.3 Å². The van der Waals surface area contributed by atoms with Gasteiger partial charge in [0.2, 0.25) is 0 Å². The molecule has 0 saturated heterocycles. The Morgan fingerprint density at radius 3 is 1.69 bits per heavy atom. The number of carbonyl (C=O) groups is 2. The molecular weight excluding hydrogens is 229 g/mol. The molecule has 0 aromatic carbocycles. The van der Waals surface area contributed by atoms with Crippen molar-refractivity contribution in [3.63, 3.8) is 0 Å². The van der Waals surface area contributed by atoms with E-state index in [0.29, 0.717) is 12.0 Å². The fraction of sp³-hybridized carbons (Fsp3) is 0.556. The second-order valence-electron chi connectivity index (χ2n) is 2.67. The maximum atomic E-state index is 10.6. The number of carboxylic acids is 2. The van der Waals surface area contributed by atoms with E-state index in [0.717, 1.165) is 6.42 Å². The molecule has 0 bridgehead atoms. The van der Waals surface area contributed by atoms with Crippen molar-refractivity contribution in [3.05, 3.63) is 11.6 Å². The van der Waals surface area contributed by atoms with Gasteiger partial charge in [-0.15, -0.1) is 0 Å². The summed E-state index contributed by atoms with van der Waals surface area (Å²) in [6.07, 6.45) is -1.87. The Kier molecular flexibility index (Phi) is 8.15. The lowest BCUT2D eigenvalue weighted by molar-refractivity contribution is -0.192. The van der Waals surface area contributed by atoms with Gasteiger partial charge in [-0.2, -0.15) is 13.2 Å². The minimum Gasteiger partial charge on any atom is -0.478 e. The summed E-state index contributed by atoms with van der Waals surface area (Å²) in [5.74, 6) is -3.55. The molecule has 4 nitrogen and oxygen atoms in total. The van der Waals surface area contributed by atoms with Gasteiger partial charge >= 0.3 is 18.1 Å². The zero-order valence-electron chi connectivity index (χ0n) is 8.84. The first-order valence-electron chi connectivity index (χ1n) is 4.35. The van der Waals surface area contributed by atoms with Gasteiger partial charge in [-0.1, -0.05) is 19.4 Å². The second kappa shape index (κ2) is 7.72. The molecule has 7 heteroatoms. The maximum Gasteiger partial charge on any atom is 0.490 e. The first-order chi connectivity index (χ1) is 7.16. The monoisotopic (exact) mass is 242 g/mol. The van der Waals surface area contributed by atoms with Crippen LogP contribution in [0.2, 0.25) is 0 Å². The normalized spacial score (nSPS) is 11.4. The Balaban J connectivity index is 0. The molecule has 0 heterocycles. The molecule has 0 saturated carbocycles. The Hall–Kier alpha value is -1.53. The van der Waals surface area contributed by atoms with Crippen LogP contribution < -0.4 is 0 Å². The average Bonchev–Trinajstić information content (AvgIpc) is 2.13. The standard InChI is InChI=1S/C7H12O2.C2HF3O2/c1-3-5-6(4-2)7(8)9;3-2(4,5)1(6)7/h4H,3,5H2,1-2H3,(H,8,9);(H,6,7). The molecule has 2 N–H and O–H groups in total. The van der Waals surface area contributed by atoms with E-state index < -0.39 is 18.1 Å². The topological polar surface area (TPSA) is 74.6 Å². The third kappa shape index (κ3) is 9.04. The molecule has 0 amide bonds. The van der Waals surface area contributed by atoms with Crippen molar-refractivity contribution >= 4 is 11.9 Å². The molecule has 0 atom stereocenters. The molecule has 0 unspecified atom stereocenters. The molecule has 0 radical (unpaired) electrons. The number of rotatable bonds is 3. The van der Waals surface area contributed by atoms with Gasteiger partial charge in [0.1, 0.15) is 0 Å². The zero-order valence-corrected chi connectivity index (χ0v) is 8.84. The number of hydrogen-bond acceptors (Lipinski definition) is 2. The van der Waals surface area contributed by atoms with Gasteiger partial charge in [0.05, 0.1) is 0 Å². The van der Waals surface area contributed by atoms with Crippen LogP contribution in [0.25, 0.3) is 0 Å². The van der Waals surface area contributed by atoms with Crippen LogP contribution in [-0.4, -0.2) is 28.3 Å². The highest BCUT2D eigenvalue weighted by Gasteiger charge is 2.38. The molecule has 0 rings (SSSR count). The quantitative estimate of drug-likeness (QED) is 0.745. The van der Waals surface area contributed by atoms with Crippen LogP contribution >= 0.6 is 0 Å². The fourth-order valence-electron chi connectivity index (χ4n) is 0.644. The van der Waals surface area contributed by atoms with Gasteiger partial charge in [-0.3, -0.25) is 0 Å². The van der Waals surface area contributed by atoms with Gasteiger partial charge < -0.3 is 10.2 Å². The van der Waals surface area contributed by atoms with Crippen molar-refractivity contribution in [3.8, 4) is 0 Å². The molecule has 16 heavy (non-hydrogen) atoms. The number of aliphatic carboxylic acids is 2. The van der Waals surface area contributed by atoms with E-state index in [1.165, 1.54) is 0 Å². The van der Waals surface area contributed by atoms with Crippen LogP contribution in [0.4, 0.5) is 13.2 Å². The van der Waals surface area contributed by atoms with Crippen molar-refractivity contribution in [2.75, 3.05) is 0 Å². The minimum atomic E-state index is -5.08. The number of alkyl halides is 3. The van der Waals surface area contributed by atoms with E-state index >= 15 is 0 Å². The third-order valence-electron chi connectivity index (χ3n) is 1.39. The van der Waals surface area contributed by atoms with Crippen LogP contribution in [0, 0.1) is 0 Å². The first kappa shape index (κ1) is 16.9. The SMILES string of the molecule is CC=C(CCC)C(=O)O.O=C(O)C(F)(F)F. The lowest BCUT2D eigenvalue weighted by Crippen LogP contribution is -2.21. The number of allylic oxidation sites excluding steroid dienone is 1. The molecule has 0 fully saturated rings. The predicted octanol–water partition coefficient (Wildman–Crippen LogP) is 2.45. The summed E-state index contributed by atoms with van der Waals surface area (Å²) in [6, 6.07) is 0. The Morgan fingerprint density at radius 1 is 1.25 bits per heavy atom. The predicted molar refractivity (Wildman–Crippen MR) is 50.0 cm³/mol. The molecule has 0 spiro atoms. The third-order valence-corrected chi connectivity index (χ3v) is 1.39. The van der Waals surface area contributed by atoms with E-state index in [9.17, 15) is 18.0 Å². The largest absolute Gasteiger partial charge is 0.490 e. The summed E-state index contributed by atoms with van der Waals surface area (Å²) in [7, 11) is 0. The smallest absolute Gasteiger partial charge is 0.478 e. The van der Waals surface area contributed by atoms with Gasteiger partial charge in [-0.25, -0.2) is 9.59 Å². The Labute approximate surface area is 90.4 Å². The Morgan fingerprint density at radius 2 is 1.62 bits per heavy atom. The molecule has 0 aliphatic rings. The van der Waals surface area contributed by atoms with E-state index in [2.05, 4.69) is 0 Å². The summed E-state index contributed by atoms with van der Waals surface area (Å²) < 4.78 is 31.7. The van der Waals surface area contributed by atoms with E-state index in [-0.39, 0.29) is 0 Å². The first-order valence-corrected chi connectivity index (χ1v) is 4.35. The fourth-order valence-corrected chi connectivity index (χ4v) is 0.644. The van der Waals surface area contributed by atoms with E-state index in [1.54, 1.807) is 13.0 Å². The molecule has 0 aliphatic carbocycles. The summed E-state index contributed by atoms with van der Waals surface area (Å²) in [6.45, 7) is 3.71. The van der Waals surface area contributed by atoms with Crippen LogP contribution in [0.15, 0.2) is 11.6 Å². The van der Waals surface area contributed by atoms with Gasteiger partial charge in [0.15, 0.2) is 0 Å². The number of hydrogen-bond donors (Lipinski definition) is 2. The average molecular weight is 242 g/mol. The van der Waals surface area contributed by atoms with Crippen molar-refractivity contribution in [2.24, 2.45) is 0 Å².